The summed E-state index contributed by atoms with van der Waals surface area (Å²) in [4.78, 5) is 9.35. The predicted molar refractivity (Wildman–Crippen MR) is 91.9 cm³/mol. The largest absolute Gasteiger partial charge is 0.373 e. The first-order valence-electron chi connectivity index (χ1n) is 8.50. The van der Waals surface area contributed by atoms with E-state index < -0.39 is 0 Å². The maximum absolute atomic E-state index is 6.25. The van der Waals surface area contributed by atoms with Crippen molar-refractivity contribution in [3.8, 4) is 10.8 Å². The third kappa shape index (κ3) is 2.84. The van der Waals surface area contributed by atoms with Crippen LogP contribution in [0.3, 0.4) is 0 Å². The summed E-state index contributed by atoms with van der Waals surface area (Å²) in [5, 5.41) is 6.60. The summed E-state index contributed by atoms with van der Waals surface area (Å²) in [5.41, 5.74) is 1.22. The highest BCUT2D eigenvalue weighted by molar-refractivity contribution is 7.13. The summed E-state index contributed by atoms with van der Waals surface area (Å²) in [7, 11) is 0. The molecular weight excluding hydrogens is 308 g/mol. The van der Waals surface area contributed by atoms with Crippen LogP contribution in [0.2, 0.25) is 0 Å². The van der Waals surface area contributed by atoms with E-state index in [1.54, 1.807) is 11.3 Å². The number of nitrogens with zero attached hydrogens (tertiary/aromatic N) is 3. The van der Waals surface area contributed by atoms with E-state index in [2.05, 4.69) is 40.3 Å². The van der Waals surface area contributed by atoms with Gasteiger partial charge in [-0.15, -0.1) is 11.3 Å². The van der Waals surface area contributed by atoms with Gasteiger partial charge in [-0.1, -0.05) is 13.8 Å². The molecule has 2 fully saturated rings. The third-order valence-corrected chi connectivity index (χ3v) is 5.93. The van der Waals surface area contributed by atoms with Gasteiger partial charge < -0.3 is 14.6 Å². The molecule has 2 aliphatic rings. The van der Waals surface area contributed by atoms with E-state index in [-0.39, 0.29) is 5.60 Å². The molecule has 23 heavy (non-hydrogen) atoms. The molecule has 5 nitrogen and oxygen atoms in total. The van der Waals surface area contributed by atoms with Gasteiger partial charge in [0.2, 0.25) is 0 Å². The fourth-order valence-electron chi connectivity index (χ4n) is 3.66. The minimum Gasteiger partial charge on any atom is -0.373 e. The minimum atomic E-state index is 0.0728. The fraction of sp³-hybridized carbons (Fsp3) is 0.647. The highest BCUT2D eigenvalue weighted by atomic mass is 32.1. The van der Waals surface area contributed by atoms with Crippen molar-refractivity contribution in [2.75, 3.05) is 19.7 Å². The van der Waals surface area contributed by atoms with Crippen molar-refractivity contribution in [2.45, 2.75) is 50.7 Å². The highest BCUT2D eigenvalue weighted by Gasteiger charge is 2.42. The number of piperidine rings is 1. The fourth-order valence-corrected chi connectivity index (χ4v) is 4.64. The average Bonchev–Trinajstić information content (AvgIpc) is 3.26. The lowest BCUT2D eigenvalue weighted by atomic mass is 9.88. The van der Waals surface area contributed by atoms with E-state index >= 15 is 0 Å². The molecule has 0 radical (unpaired) electrons. The van der Waals surface area contributed by atoms with Gasteiger partial charge >= 0.3 is 0 Å². The average molecular weight is 332 g/mol. The second-order valence-electron chi connectivity index (χ2n) is 6.99. The minimum absolute atomic E-state index is 0.0728. The van der Waals surface area contributed by atoms with Gasteiger partial charge in [0.15, 0.2) is 10.8 Å². The van der Waals surface area contributed by atoms with Crippen molar-refractivity contribution in [1.29, 1.82) is 0 Å². The lowest BCUT2D eigenvalue weighted by Crippen LogP contribution is -2.41. The van der Waals surface area contributed by atoms with Crippen LogP contribution < -0.4 is 5.32 Å². The Morgan fingerprint density at radius 3 is 2.96 bits per heavy atom. The van der Waals surface area contributed by atoms with Crippen molar-refractivity contribution in [3.05, 3.63) is 23.5 Å². The van der Waals surface area contributed by atoms with Crippen molar-refractivity contribution in [3.63, 3.8) is 0 Å². The molecule has 124 valence electrons. The molecule has 0 aliphatic carbocycles. The monoisotopic (exact) mass is 332 g/mol. The molecule has 6 heteroatoms. The Labute approximate surface area is 141 Å². The van der Waals surface area contributed by atoms with Crippen LogP contribution in [0.1, 0.15) is 50.8 Å². The molecule has 0 bridgehead atoms. The molecule has 2 saturated heterocycles. The van der Waals surface area contributed by atoms with E-state index in [1.807, 2.05) is 6.20 Å². The smallest absolute Gasteiger partial charge is 0.169 e. The second-order valence-corrected chi connectivity index (χ2v) is 7.85. The Morgan fingerprint density at radius 1 is 1.39 bits per heavy atom. The molecule has 4 rings (SSSR count). The van der Waals surface area contributed by atoms with Crippen molar-refractivity contribution in [2.24, 2.45) is 0 Å². The Morgan fingerprint density at radius 2 is 2.22 bits per heavy atom. The van der Waals surface area contributed by atoms with E-state index in [9.17, 15) is 0 Å². The second kappa shape index (κ2) is 6.00. The molecule has 2 aromatic heterocycles. The molecular formula is C17H24N4OS. The molecule has 1 unspecified atom stereocenters. The van der Waals surface area contributed by atoms with Crippen LogP contribution >= 0.6 is 11.3 Å². The van der Waals surface area contributed by atoms with Crippen LogP contribution in [0.4, 0.5) is 0 Å². The molecule has 2 aliphatic heterocycles. The summed E-state index contributed by atoms with van der Waals surface area (Å²) in [6.45, 7) is 7.27. The summed E-state index contributed by atoms with van der Waals surface area (Å²) in [6.07, 6.45) is 7.28. The molecule has 0 saturated carbocycles. The van der Waals surface area contributed by atoms with Crippen LogP contribution in [-0.2, 0) is 4.74 Å². The quantitative estimate of drug-likeness (QED) is 0.938. The van der Waals surface area contributed by atoms with Crippen molar-refractivity contribution < 1.29 is 4.74 Å². The maximum Gasteiger partial charge on any atom is 0.169 e. The first-order chi connectivity index (χ1) is 11.2. The van der Waals surface area contributed by atoms with E-state index in [4.69, 9.17) is 9.72 Å². The molecule has 0 aromatic carbocycles. The van der Waals surface area contributed by atoms with Crippen LogP contribution in [0, 0.1) is 0 Å². The van der Waals surface area contributed by atoms with Crippen LogP contribution in [-0.4, -0.2) is 39.8 Å². The van der Waals surface area contributed by atoms with Gasteiger partial charge in [-0.05, 0) is 38.3 Å². The topological polar surface area (TPSA) is 52.0 Å². The zero-order valence-electron chi connectivity index (χ0n) is 13.8. The van der Waals surface area contributed by atoms with Crippen molar-refractivity contribution >= 4 is 11.3 Å². The first kappa shape index (κ1) is 15.3. The zero-order valence-corrected chi connectivity index (χ0v) is 14.6. The SMILES string of the molecule is CC(C)c1csc(-c2nccn2C2COC3(CCNCC3)C2)n1. The number of ether oxygens (including phenoxy) is 1. The van der Waals surface area contributed by atoms with Gasteiger partial charge in [-0.25, -0.2) is 9.97 Å². The van der Waals surface area contributed by atoms with Gasteiger partial charge in [-0.2, -0.15) is 0 Å². The number of aromatic nitrogens is 3. The molecule has 0 amide bonds. The number of thiazole rings is 1. The zero-order chi connectivity index (χ0) is 15.9. The predicted octanol–water partition coefficient (Wildman–Crippen LogP) is 3.21. The van der Waals surface area contributed by atoms with Gasteiger partial charge in [0.05, 0.1) is 23.9 Å². The standard InChI is InChI=1S/C17H24N4OS/c1-12(2)14-11-23-16(20-14)15-19-7-8-21(15)13-9-17(22-10-13)3-5-18-6-4-17/h7-8,11-13,18H,3-6,9-10H2,1-2H3. The molecule has 2 aromatic rings. The summed E-state index contributed by atoms with van der Waals surface area (Å²) in [6, 6.07) is 0.372. The normalized spacial score (nSPS) is 23.9. The van der Waals surface area contributed by atoms with Gasteiger partial charge in [0, 0.05) is 17.8 Å². The number of hydrogen-bond acceptors (Lipinski definition) is 5. The van der Waals surface area contributed by atoms with Gasteiger partial charge in [0.25, 0.3) is 0 Å². The third-order valence-electron chi connectivity index (χ3n) is 5.07. The Bertz CT molecular complexity index is 672. The van der Waals surface area contributed by atoms with Crippen molar-refractivity contribution in [1.82, 2.24) is 19.9 Å². The first-order valence-corrected chi connectivity index (χ1v) is 9.38. The van der Waals surface area contributed by atoms with Crippen LogP contribution in [0.5, 0.6) is 0 Å². The van der Waals surface area contributed by atoms with Crippen LogP contribution in [0.15, 0.2) is 17.8 Å². The molecule has 1 spiro atoms. The Kier molecular flexibility index (Phi) is 3.99. The van der Waals surface area contributed by atoms with E-state index in [0.29, 0.717) is 12.0 Å². The van der Waals surface area contributed by atoms with E-state index in [0.717, 1.165) is 55.5 Å². The lowest BCUT2D eigenvalue weighted by molar-refractivity contribution is -0.0195. The molecule has 1 N–H and O–H groups in total. The lowest BCUT2D eigenvalue weighted by Gasteiger charge is -2.32. The van der Waals surface area contributed by atoms with Gasteiger partial charge in [0.1, 0.15) is 0 Å². The highest BCUT2D eigenvalue weighted by Crippen LogP contribution is 2.40. The number of nitrogens with one attached hydrogen (secondary N) is 1. The Hall–Kier alpha value is -1.24. The summed E-state index contributed by atoms with van der Waals surface area (Å²) >= 11 is 1.69. The molecule has 1 atom stereocenters. The maximum atomic E-state index is 6.25. The molecule has 4 heterocycles. The van der Waals surface area contributed by atoms with Gasteiger partial charge in [-0.3, -0.25) is 0 Å². The number of rotatable bonds is 3. The summed E-state index contributed by atoms with van der Waals surface area (Å²) < 4.78 is 8.52. The number of imidazole rings is 1. The summed E-state index contributed by atoms with van der Waals surface area (Å²) in [5.74, 6) is 1.44. The Balaban J connectivity index is 1.57. The van der Waals surface area contributed by atoms with Crippen LogP contribution in [0.25, 0.3) is 10.8 Å². The van der Waals surface area contributed by atoms with E-state index in [1.165, 1.54) is 0 Å². The number of hydrogen-bond donors (Lipinski definition) is 1.